The minimum atomic E-state index is -4.78. The number of nitrogen functional groups attached to an aromatic ring is 1. The zero-order chi connectivity index (χ0) is 19.7. The van der Waals surface area contributed by atoms with Crippen molar-refractivity contribution in [3.8, 4) is 0 Å². The van der Waals surface area contributed by atoms with Gasteiger partial charge in [0.1, 0.15) is 9.79 Å². The molecule has 2 aromatic rings. The first-order valence-electron chi connectivity index (χ1n) is 6.70. The number of nitro benzene ring substituents is 1. The molecule has 0 aliphatic heterocycles. The molecule has 4 N–H and O–H groups in total. The molecule has 138 valence electrons. The highest BCUT2D eigenvalue weighted by atomic mass is 32.2. The predicted octanol–water partition coefficient (Wildman–Crippen LogP) is 1.84. The molecule has 0 aliphatic rings. The van der Waals surface area contributed by atoms with E-state index in [-0.39, 0.29) is 16.8 Å². The van der Waals surface area contributed by atoms with Crippen molar-refractivity contribution in [1.82, 2.24) is 0 Å². The topological polar surface area (TPSA) is 178 Å². The molecule has 2 aromatic carbocycles. The van der Waals surface area contributed by atoms with Gasteiger partial charge in [-0.1, -0.05) is 18.2 Å². The number of nitrogens with two attached hydrogens (primary N) is 1. The molecule has 0 unspecified atom stereocenters. The van der Waals surface area contributed by atoms with E-state index in [1.807, 2.05) is 0 Å². The van der Waals surface area contributed by atoms with Gasteiger partial charge in [0.2, 0.25) is 0 Å². The van der Waals surface area contributed by atoms with Crippen LogP contribution in [0.3, 0.4) is 0 Å². The summed E-state index contributed by atoms with van der Waals surface area (Å²) in [5.74, 6) is 0. The van der Waals surface area contributed by atoms with Crippen LogP contribution in [0.1, 0.15) is 11.1 Å². The fourth-order valence-electron chi connectivity index (χ4n) is 2.09. The third-order valence-electron chi connectivity index (χ3n) is 3.24. The van der Waals surface area contributed by atoms with E-state index in [0.29, 0.717) is 6.07 Å². The van der Waals surface area contributed by atoms with E-state index >= 15 is 0 Å². The molecule has 0 atom stereocenters. The van der Waals surface area contributed by atoms with Crippen LogP contribution in [0.2, 0.25) is 0 Å². The van der Waals surface area contributed by atoms with Crippen LogP contribution in [0, 0.1) is 10.1 Å². The number of nitro groups is 1. The summed E-state index contributed by atoms with van der Waals surface area (Å²) in [5.41, 5.74) is 4.86. The smallest absolute Gasteiger partial charge is 0.295 e. The molecule has 0 heterocycles. The minimum Gasteiger partial charge on any atom is -0.399 e. The standard InChI is InChI=1S/C14H12N2O8S2/c15-11-5-3-9(13(7-11)25(19,20)21)1-2-10-4-6-12(16(17)18)8-14(10)26(22,23)24/h1-8H,15H2,(H,19,20,21)(H,22,23,24)/b2-1+. The molecule has 0 bridgehead atoms. The molecule has 0 saturated carbocycles. The van der Waals surface area contributed by atoms with Crippen molar-refractivity contribution in [1.29, 1.82) is 0 Å². The summed E-state index contributed by atoms with van der Waals surface area (Å²) in [6.45, 7) is 0. The van der Waals surface area contributed by atoms with Crippen LogP contribution in [-0.4, -0.2) is 30.9 Å². The Bertz CT molecular complexity index is 1120. The third kappa shape index (κ3) is 4.43. The molecule has 0 aliphatic carbocycles. The minimum absolute atomic E-state index is 0.0126. The van der Waals surface area contributed by atoms with Crippen LogP contribution in [0.25, 0.3) is 12.2 Å². The lowest BCUT2D eigenvalue weighted by Crippen LogP contribution is -2.03. The maximum atomic E-state index is 11.5. The number of nitrogens with zero attached hydrogens (tertiary/aromatic N) is 1. The van der Waals surface area contributed by atoms with Gasteiger partial charge in [0.05, 0.1) is 4.92 Å². The number of anilines is 1. The van der Waals surface area contributed by atoms with Crippen molar-refractivity contribution < 1.29 is 30.9 Å². The Morgan fingerprint density at radius 2 is 1.35 bits per heavy atom. The molecule has 0 amide bonds. The summed E-state index contributed by atoms with van der Waals surface area (Å²) in [4.78, 5) is 8.69. The van der Waals surface area contributed by atoms with Crippen molar-refractivity contribution in [2.75, 3.05) is 5.73 Å². The van der Waals surface area contributed by atoms with Crippen LogP contribution in [0.4, 0.5) is 11.4 Å². The highest BCUT2D eigenvalue weighted by Gasteiger charge is 2.19. The monoisotopic (exact) mass is 400 g/mol. The van der Waals surface area contributed by atoms with Gasteiger partial charge in [0, 0.05) is 17.8 Å². The number of benzene rings is 2. The molecular formula is C14H12N2O8S2. The number of non-ortho nitro benzene ring substituents is 1. The van der Waals surface area contributed by atoms with Gasteiger partial charge in [-0.2, -0.15) is 16.8 Å². The quantitative estimate of drug-likeness (QED) is 0.222. The van der Waals surface area contributed by atoms with Gasteiger partial charge >= 0.3 is 0 Å². The van der Waals surface area contributed by atoms with E-state index < -0.39 is 40.6 Å². The average molecular weight is 400 g/mol. The summed E-state index contributed by atoms with van der Waals surface area (Å²) in [6, 6.07) is 6.39. The molecule has 0 spiro atoms. The summed E-state index contributed by atoms with van der Waals surface area (Å²) >= 11 is 0. The van der Waals surface area contributed by atoms with Gasteiger partial charge in [0.15, 0.2) is 0 Å². The fraction of sp³-hybridized carbons (Fsp3) is 0. The fourth-order valence-corrected chi connectivity index (χ4v) is 3.51. The second-order valence-electron chi connectivity index (χ2n) is 5.06. The van der Waals surface area contributed by atoms with Crippen LogP contribution < -0.4 is 5.73 Å². The van der Waals surface area contributed by atoms with Crippen molar-refractivity contribution in [2.45, 2.75) is 9.79 Å². The SMILES string of the molecule is Nc1ccc(/C=C/c2ccc([N+](=O)[O-])cc2S(=O)(=O)O)c(S(=O)(=O)O)c1. The zero-order valence-corrected chi connectivity index (χ0v) is 14.4. The molecule has 0 radical (unpaired) electrons. The van der Waals surface area contributed by atoms with E-state index in [9.17, 15) is 36.1 Å². The molecule has 0 fully saturated rings. The average Bonchev–Trinajstić information content (AvgIpc) is 2.51. The first-order valence-corrected chi connectivity index (χ1v) is 9.58. The molecule has 2 rings (SSSR count). The van der Waals surface area contributed by atoms with Crippen LogP contribution >= 0.6 is 0 Å². The van der Waals surface area contributed by atoms with E-state index in [0.717, 1.165) is 30.4 Å². The molecule has 10 nitrogen and oxygen atoms in total. The molecular weight excluding hydrogens is 388 g/mol. The predicted molar refractivity (Wildman–Crippen MR) is 92.5 cm³/mol. The first kappa shape index (κ1) is 19.5. The van der Waals surface area contributed by atoms with Crippen molar-refractivity contribution in [3.05, 3.63) is 57.6 Å². The third-order valence-corrected chi connectivity index (χ3v) is 5.06. The Hall–Kier alpha value is -2.80. The van der Waals surface area contributed by atoms with E-state index in [1.54, 1.807) is 0 Å². The first-order chi connectivity index (χ1) is 11.9. The second kappa shape index (κ2) is 6.84. The number of rotatable bonds is 5. The number of hydrogen-bond acceptors (Lipinski definition) is 7. The maximum Gasteiger partial charge on any atom is 0.295 e. The molecule has 12 heteroatoms. The van der Waals surface area contributed by atoms with E-state index in [4.69, 9.17) is 5.73 Å². The van der Waals surface area contributed by atoms with Crippen LogP contribution in [0.15, 0.2) is 46.2 Å². The lowest BCUT2D eigenvalue weighted by molar-refractivity contribution is -0.385. The largest absolute Gasteiger partial charge is 0.399 e. The Balaban J connectivity index is 2.61. The van der Waals surface area contributed by atoms with Gasteiger partial charge in [-0.3, -0.25) is 19.2 Å². The van der Waals surface area contributed by atoms with Crippen molar-refractivity contribution >= 4 is 43.8 Å². The lowest BCUT2D eigenvalue weighted by atomic mass is 10.1. The van der Waals surface area contributed by atoms with Gasteiger partial charge in [-0.05, 0) is 29.3 Å². The lowest BCUT2D eigenvalue weighted by Gasteiger charge is -2.06. The van der Waals surface area contributed by atoms with Crippen molar-refractivity contribution in [3.63, 3.8) is 0 Å². The highest BCUT2D eigenvalue weighted by Crippen LogP contribution is 2.26. The number of hydrogen-bond donors (Lipinski definition) is 3. The van der Waals surface area contributed by atoms with Crippen LogP contribution in [-0.2, 0) is 20.2 Å². The second-order valence-corrected chi connectivity index (χ2v) is 7.84. The van der Waals surface area contributed by atoms with Gasteiger partial charge < -0.3 is 5.73 Å². The summed E-state index contributed by atoms with van der Waals surface area (Å²) < 4.78 is 64.3. The summed E-state index contributed by atoms with van der Waals surface area (Å²) in [7, 11) is -9.39. The molecule has 26 heavy (non-hydrogen) atoms. The molecule has 0 aromatic heterocycles. The highest BCUT2D eigenvalue weighted by molar-refractivity contribution is 7.86. The van der Waals surface area contributed by atoms with Crippen LogP contribution in [0.5, 0.6) is 0 Å². The van der Waals surface area contributed by atoms with Gasteiger partial charge in [-0.15, -0.1) is 0 Å². The summed E-state index contributed by atoms with van der Waals surface area (Å²) in [5, 5.41) is 10.8. The van der Waals surface area contributed by atoms with E-state index in [2.05, 4.69) is 0 Å². The van der Waals surface area contributed by atoms with E-state index in [1.165, 1.54) is 12.1 Å². The Morgan fingerprint density at radius 1 is 0.885 bits per heavy atom. The summed E-state index contributed by atoms with van der Waals surface area (Å²) in [6.07, 6.45) is 2.27. The Morgan fingerprint density at radius 3 is 1.81 bits per heavy atom. The molecule has 0 saturated heterocycles. The van der Waals surface area contributed by atoms with Gasteiger partial charge in [0.25, 0.3) is 25.9 Å². The Labute approximate surface area is 148 Å². The maximum absolute atomic E-state index is 11.5. The zero-order valence-electron chi connectivity index (χ0n) is 12.8. The normalized spacial score (nSPS) is 12.4. The van der Waals surface area contributed by atoms with Crippen molar-refractivity contribution in [2.24, 2.45) is 0 Å². The Kier molecular flexibility index (Phi) is 5.13. The van der Waals surface area contributed by atoms with Gasteiger partial charge in [-0.25, -0.2) is 0 Å².